The first-order valence-corrected chi connectivity index (χ1v) is 12.7. The monoisotopic (exact) mass is 531 g/mol. The van der Waals surface area contributed by atoms with Crippen molar-refractivity contribution in [2.45, 2.75) is 6.92 Å². The standard InChI is InChI=1S/C28H26ClN5O4/c1-2-38-27-6-4-3-5-25(27)31-15-17-32(18-16-31)28(35)26-19-24(20-7-11-23(12-8-20)34(36)37)30-33(26)22-13-9-21(29)10-14-22/h3-14,19H,2,15-18H2,1H3. The Kier molecular flexibility index (Phi) is 7.28. The quantitative estimate of drug-likeness (QED) is 0.232. The third-order valence-electron chi connectivity index (χ3n) is 6.45. The van der Waals surface area contributed by atoms with Crippen molar-refractivity contribution in [3.63, 3.8) is 0 Å². The maximum Gasteiger partial charge on any atom is 0.272 e. The molecule has 0 radical (unpaired) electrons. The Hall–Kier alpha value is -4.37. The van der Waals surface area contributed by atoms with Crippen molar-refractivity contribution >= 4 is 28.9 Å². The second kappa shape index (κ2) is 10.9. The predicted octanol–water partition coefficient (Wildman–Crippen LogP) is 5.46. The molecule has 1 amide bonds. The first-order chi connectivity index (χ1) is 18.4. The molecule has 0 saturated carbocycles. The van der Waals surface area contributed by atoms with Crippen molar-refractivity contribution in [3.05, 3.63) is 99.7 Å². The van der Waals surface area contributed by atoms with Crippen molar-refractivity contribution in [2.24, 2.45) is 0 Å². The number of benzene rings is 3. The smallest absolute Gasteiger partial charge is 0.272 e. The SMILES string of the molecule is CCOc1ccccc1N1CCN(C(=O)c2cc(-c3ccc([N+](=O)[O-])cc3)nn2-c2ccc(Cl)cc2)CC1. The topological polar surface area (TPSA) is 93.7 Å². The van der Waals surface area contributed by atoms with Gasteiger partial charge >= 0.3 is 0 Å². The Balaban J connectivity index is 1.42. The zero-order chi connectivity index (χ0) is 26.6. The van der Waals surface area contributed by atoms with Gasteiger partial charge in [-0.15, -0.1) is 0 Å². The normalized spacial score (nSPS) is 13.4. The molecular weight excluding hydrogens is 506 g/mol. The van der Waals surface area contributed by atoms with E-state index in [2.05, 4.69) is 4.90 Å². The van der Waals surface area contributed by atoms with Crippen LogP contribution in [0, 0.1) is 10.1 Å². The molecule has 0 atom stereocenters. The average Bonchev–Trinajstić information content (AvgIpc) is 3.39. The van der Waals surface area contributed by atoms with Crippen molar-refractivity contribution in [2.75, 3.05) is 37.7 Å². The van der Waals surface area contributed by atoms with E-state index in [0.29, 0.717) is 60.4 Å². The molecule has 0 N–H and O–H groups in total. The fourth-order valence-electron chi connectivity index (χ4n) is 4.52. The number of nitro groups is 1. The van der Waals surface area contributed by atoms with E-state index in [9.17, 15) is 14.9 Å². The van der Waals surface area contributed by atoms with Gasteiger partial charge in [0.05, 0.1) is 28.6 Å². The summed E-state index contributed by atoms with van der Waals surface area (Å²) < 4.78 is 7.39. The van der Waals surface area contributed by atoms with Crippen LogP contribution in [-0.2, 0) is 0 Å². The molecule has 194 valence electrons. The molecule has 1 fully saturated rings. The molecule has 1 saturated heterocycles. The Morgan fingerprint density at radius 1 is 1.00 bits per heavy atom. The van der Waals surface area contributed by atoms with E-state index in [1.807, 2.05) is 36.1 Å². The van der Waals surface area contributed by atoms with Gasteiger partial charge in [-0.1, -0.05) is 23.7 Å². The van der Waals surface area contributed by atoms with Gasteiger partial charge in [0.1, 0.15) is 11.4 Å². The number of rotatable bonds is 7. The van der Waals surface area contributed by atoms with E-state index >= 15 is 0 Å². The highest BCUT2D eigenvalue weighted by atomic mass is 35.5. The zero-order valence-corrected chi connectivity index (χ0v) is 21.5. The Morgan fingerprint density at radius 3 is 2.34 bits per heavy atom. The third kappa shape index (κ3) is 5.19. The number of non-ortho nitro benzene ring substituents is 1. The van der Waals surface area contributed by atoms with Crippen LogP contribution in [0.2, 0.25) is 5.02 Å². The van der Waals surface area contributed by atoms with Crippen LogP contribution in [0.25, 0.3) is 16.9 Å². The van der Waals surface area contributed by atoms with Crippen LogP contribution in [-0.4, -0.2) is 58.3 Å². The van der Waals surface area contributed by atoms with E-state index in [1.165, 1.54) is 12.1 Å². The minimum Gasteiger partial charge on any atom is -0.492 e. The summed E-state index contributed by atoms with van der Waals surface area (Å²) in [6.45, 7) is 4.96. The molecule has 0 aliphatic carbocycles. The number of nitrogens with zero attached hydrogens (tertiary/aromatic N) is 5. The van der Waals surface area contributed by atoms with Crippen molar-refractivity contribution in [1.29, 1.82) is 0 Å². The summed E-state index contributed by atoms with van der Waals surface area (Å²) in [6.07, 6.45) is 0. The van der Waals surface area contributed by atoms with Gasteiger partial charge in [0.25, 0.3) is 11.6 Å². The summed E-state index contributed by atoms with van der Waals surface area (Å²) in [7, 11) is 0. The number of halogens is 1. The lowest BCUT2D eigenvalue weighted by Crippen LogP contribution is -2.49. The minimum absolute atomic E-state index is 0.00837. The maximum atomic E-state index is 13.8. The Bertz CT molecular complexity index is 1450. The van der Waals surface area contributed by atoms with Crippen molar-refractivity contribution in [3.8, 4) is 22.7 Å². The molecule has 3 aromatic carbocycles. The lowest BCUT2D eigenvalue weighted by Gasteiger charge is -2.36. The largest absolute Gasteiger partial charge is 0.492 e. The van der Waals surface area contributed by atoms with Crippen LogP contribution in [0.15, 0.2) is 78.9 Å². The van der Waals surface area contributed by atoms with Crippen LogP contribution in [0.3, 0.4) is 0 Å². The van der Waals surface area contributed by atoms with Gasteiger partial charge in [0.15, 0.2) is 0 Å². The molecule has 4 aromatic rings. The highest BCUT2D eigenvalue weighted by Crippen LogP contribution is 2.30. The maximum absolute atomic E-state index is 13.8. The number of piperazine rings is 1. The van der Waals surface area contributed by atoms with Crippen LogP contribution < -0.4 is 9.64 Å². The number of hydrogen-bond acceptors (Lipinski definition) is 6. The molecule has 1 aliphatic rings. The van der Waals surface area contributed by atoms with Crippen molar-refractivity contribution in [1.82, 2.24) is 14.7 Å². The number of carbonyl (C=O) groups excluding carboxylic acids is 1. The number of amides is 1. The molecule has 5 rings (SSSR count). The van der Waals surface area contributed by atoms with Gasteiger partial charge in [-0.2, -0.15) is 5.10 Å². The second-order valence-corrected chi connectivity index (χ2v) is 9.22. The number of ether oxygens (including phenoxy) is 1. The van der Waals surface area contributed by atoms with Gasteiger partial charge < -0.3 is 14.5 Å². The van der Waals surface area contributed by atoms with E-state index in [4.69, 9.17) is 21.4 Å². The lowest BCUT2D eigenvalue weighted by atomic mass is 10.1. The highest BCUT2D eigenvalue weighted by Gasteiger charge is 2.27. The average molecular weight is 532 g/mol. The van der Waals surface area contributed by atoms with Crippen LogP contribution in [0.4, 0.5) is 11.4 Å². The van der Waals surface area contributed by atoms with Gasteiger partial charge in [-0.05, 0) is 61.5 Å². The number of hydrogen-bond donors (Lipinski definition) is 0. The summed E-state index contributed by atoms with van der Waals surface area (Å²) in [5, 5.41) is 16.3. The summed E-state index contributed by atoms with van der Waals surface area (Å²) >= 11 is 6.09. The van der Waals surface area contributed by atoms with Gasteiger partial charge in [-0.3, -0.25) is 14.9 Å². The van der Waals surface area contributed by atoms with Crippen LogP contribution in [0.1, 0.15) is 17.4 Å². The van der Waals surface area contributed by atoms with Crippen LogP contribution in [0.5, 0.6) is 5.75 Å². The second-order valence-electron chi connectivity index (χ2n) is 8.79. The first kappa shape index (κ1) is 25.3. The minimum atomic E-state index is -0.447. The molecule has 0 spiro atoms. The molecule has 0 unspecified atom stereocenters. The number of aromatic nitrogens is 2. The van der Waals surface area contributed by atoms with E-state index in [-0.39, 0.29) is 11.6 Å². The van der Waals surface area contributed by atoms with Gasteiger partial charge in [0.2, 0.25) is 0 Å². The van der Waals surface area contributed by atoms with E-state index in [1.54, 1.807) is 47.1 Å². The molecule has 9 nitrogen and oxygen atoms in total. The summed E-state index contributed by atoms with van der Waals surface area (Å²) in [4.78, 5) is 28.4. The summed E-state index contributed by atoms with van der Waals surface area (Å²) in [6, 6.07) is 22.9. The summed E-state index contributed by atoms with van der Waals surface area (Å²) in [5.74, 6) is 0.696. The van der Waals surface area contributed by atoms with Crippen LogP contribution >= 0.6 is 11.6 Å². The number of nitro benzene ring substituents is 1. The fourth-order valence-corrected chi connectivity index (χ4v) is 4.64. The predicted molar refractivity (Wildman–Crippen MR) is 146 cm³/mol. The molecule has 1 aromatic heterocycles. The van der Waals surface area contributed by atoms with E-state index in [0.717, 1.165) is 11.4 Å². The van der Waals surface area contributed by atoms with Gasteiger partial charge in [0, 0.05) is 48.9 Å². The zero-order valence-electron chi connectivity index (χ0n) is 20.8. The fraction of sp³-hybridized carbons (Fsp3) is 0.214. The highest BCUT2D eigenvalue weighted by molar-refractivity contribution is 6.30. The summed E-state index contributed by atoms with van der Waals surface area (Å²) in [5.41, 5.74) is 3.33. The number of para-hydroxylation sites is 2. The lowest BCUT2D eigenvalue weighted by molar-refractivity contribution is -0.384. The van der Waals surface area contributed by atoms with Gasteiger partial charge in [-0.25, -0.2) is 4.68 Å². The third-order valence-corrected chi connectivity index (χ3v) is 6.70. The van der Waals surface area contributed by atoms with Crippen molar-refractivity contribution < 1.29 is 14.5 Å². The molecule has 38 heavy (non-hydrogen) atoms. The molecule has 2 heterocycles. The molecule has 10 heteroatoms. The Labute approximate surface area is 225 Å². The molecule has 1 aliphatic heterocycles. The molecular formula is C28H26ClN5O4. The number of carbonyl (C=O) groups is 1. The Morgan fingerprint density at radius 2 is 1.68 bits per heavy atom. The number of anilines is 1. The molecule has 0 bridgehead atoms. The van der Waals surface area contributed by atoms with E-state index < -0.39 is 4.92 Å². The first-order valence-electron chi connectivity index (χ1n) is 12.3.